The topological polar surface area (TPSA) is 83.9 Å². The summed E-state index contributed by atoms with van der Waals surface area (Å²) in [5.41, 5.74) is 1.98. The molecule has 1 aromatic carbocycles. The third-order valence-electron chi connectivity index (χ3n) is 5.25. The van der Waals surface area contributed by atoms with E-state index in [0.717, 1.165) is 11.1 Å². The van der Waals surface area contributed by atoms with E-state index in [0.29, 0.717) is 44.2 Å². The van der Waals surface area contributed by atoms with E-state index in [9.17, 15) is 14.3 Å². The van der Waals surface area contributed by atoms with E-state index < -0.39 is 6.10 Å². The summed E-state index contributed by atoms with van der Waals surface area (Å²) < 4.78 is 24.3. The van der Waals surface area contributed by atoms with Crippen LogP contribution in [0.2, 0.25) is 0 Å². The van der Waals surface area contributed by atoms with Gasteiger partial charge in [0.25, 0.3) is 5.91 Å². The molecule has 3 heterocycles. The molecule has 8 heteroatoms. The van der Waals surface area contributed by atoms with Gasteiger partial charge in [0.05, 0.1) is 25.3 Å². The van der Waals surface area contributed by atoms with Crippen molar-refractivity contribution in [1.82, 2.24) is 10.3 Å². The molecule has 4 rings (SSSR count). The SMILES string of the molecule is CN1CCOc2c(Cc3ccc(F)cc3)cc(C(=O)N[C@@H]3CCOC[C@H]3O)nc21. The number of ether oxygens (including phenoxy) is 2. The van der Waals surface area contributed by atoms with Gasteiger partial charge in [-0.25, -0.2) is 9.37 Å². The van der Waals surface area contributed by atoms with Gasteiger partial charge in [-0.1, -0.05) is 12.1 Å². The quantitative estimate of drug-likeness (QED) is 0.808. The maximum Gasteiger partial charge on any atom is 0.270 e. The molecular weight excluding hydrogens is 377 g/mol. The van der Waals surface area contributed by atoms with Gasteiger partial charge in [0.15, 0.2) is 11.6 Å². The summed E-state index contributed by atoms with van der Waals surface area (Å²) in [7, 11) is 1.90. The number of hydrogen-bond donors (Lipinski definition) is 2. The predicted octanol–water partition coefficient (Wildman–Crippen LogP) is 1.52. The van der Waals surface area contributed by atoms with Crippen LogP contribution in [-0.4, -0.2) is 61.6 Å². The summed E-state index contributed by atoms with van der Waals surface area (Å²) in [5.74, 6) is 0.605. The molecule has 0 bridgehead atoms. The van der Waals surface area contributed by atoms with E-state index in [1.165, 1.54) is 12.1 Å². The number of aliphatic hydroxyl groups is 1. The molecular formula is C21H24FN3O4. The molecule has 0 unspecified atom stereocenters. The van der Waals surface area contributed by atoms with Gasteiger partial charge in [-0.2, -0.15) is 0 Å². The third-order valence-corrected chi connectivity index (χ3v) is 5.25. The van der Waals surface area contributed by atoms with E-state index in [1.54, 1.807) is 18.2 Å². The Balaban J connectivity index is 1.64. The highest BCUT2D eigenvalue weighted by atomic mass is 19.1. The first kappa shape index (κ1) is 19.6. The number of nitrogens with one attached hydrogen (secondary N) is 1. The fourth-order valence-corrected chi connectivity index (χ4v) is 3.58. The Kier molecular flexibility index (Phi) is 5.64. The zero-order valence-electron chi connectivity index (χ0n) is 16.2. The van der Waals surface area contributed by atoms with Crippen molar-refractivity contribution in [3.05, 3.63) is 53.0 Å². The van der Waals surface area contributed by atoms with Gasteiger partial charge in [-0.15, -0.1) is 0 Å². The number of likely N-dealkylation sites (N-methyl/N-ethyl adjacent to an activating group) is 1. The normalized spacial score (nSPS) is 21.3. The standard InChI is InChI=1S/C21H24FN3O4/c1-25-7-9-29-19-14(10-13-2-4-15(22)5-3-13)11-17(23-20(19)25)21(27)24-16-6-8-28-12-18(16)26/h2-5,11,16,18,26H,6-10,12H2,1H3,(H,24,27)/t16-,18-/m1/s1. The summed E-state index contributed by atoms with van der Waals surface area (Å²) in [6.07, 6.45) is 0.289. The number of carbonyl (C=O) groups excluding carboxylic acids is 1. The fourth-order valence-electron chi connectivity index (χ4n) is 3.58. The van der Waals surface area contributed by atoms with Crippen molar-refractivity contribution in [2.24, 2.45) is 0 Å². The van der Waals surface area contributed by atoms with Gasteiger partial charge < -0.3 is 24.8 Å². The number of anilines is 1. The summed E-state index contributed by atoms with van der Waals surface area (Å²) in [4.78, 5) is 19.3. The molecule has 0 saturated carbocycles. The van der Waals surface area contributed by atoms with E-state index in [1.807, 2.05) is 11.9 Å². The molecule has 29 heavy (non-hydrogen) atoms. The van der Waals surface area contributed by atoms with Crippen LogP contribution in [0.4, 0.5) is 10.2 Å². The molecule has 2 aliphatic rings. The first-order chi connectivity index (χ1) is 14.0. The number of benzene rings is 1. The molecule has 2 N–H and O–H groups in total. The number of halogens is 1. The van der Waals surface area contributed by atoms with E-state index >= 15 is 0 Å². The minimum atomic E-state index is -0.741. The lowest BCUT2D eigenvalue weighted by atomic mass is 10.0. The molecule has 2 atom stereocenters. The van der Waals surface area contributed by atoms with Crippen LogP contribution in [0, 0.1) is 5.82 Å². The van der Waals surface area contributed by atoms with Crippen LogP contribution < -0.4 is 15.0 Å². The van der Waals surface area contributed by atoms with Crippen LogP contribution in [0.15, 0.2) is 30.3 Å². The number of rotatable bonds is 4. The van der Waals surface area contributed by atoms with Crippen molar-refractivity contribution in [2.75, 3.05) is 38.3 Å². The number of nitrogens with zero attached hydrogens (tertiary/aromatic N) is 2. The Labute approximate surface area is 168 Å². The Morgan fingerprint density at radius 1 is 1.34 bits per heavy atom. The first-order valence-electron chi connectivity index (χ1n) is 9.70. The van der Waals surface area contributed by atoms with Gasteiger partial charge in [0.2, 0.25) is 0 Å². The minimum Gasteiger partial charge on any atom is -0.488 e. The van der Waals surface area contributed by atoms with Crippen molar-refractivity contribution >= 4 is 11.7 Å². The number of hydrogen-bond acceptors (Lipinski definition) is 6. The second kappa shape index (κ2) is 8.34. The molecule has 2 aromatic rings. The second-order valence-electron chi connectivity index (χ2n) is 7.40. The van der Waals surface area contributed by atoms with Gasteiger partial charge in [-0.05, 0) is 30.2 Å². The lowest BCUT2D eigenvalue weighted by Gasteiger charge is -2.30. The average molecular weight is 401 g/mol. The fraction of sp³-hybridized carbons (Fsp3) is 0.429. The maximum atomic E-state index is 13.3. The molecule has 1 fully saturated rings. The number of aliphatic hydroxyl groups excluding tert-OH is 1. The minimum absolute atomic E-state index is 0.203. The van der Waals surface area contributed by atoms with Crippen LogP contribution in [0.1, 0.15) is 28.0 Å². The maximum absolute atomic E-state index is 13.3. The first-order valence-corrected chi connectivity index (χ1v) is 9.70. The van der Waals surface area contributed by atoms with Crippen molar-refractivity contribution in [1.29, 1.82) is 0 Å². The molecule has 7 nitrogen and oxygen atoms in total. The van der Waals surface area contributed by atoms with Crippen LogP contribution in [-0.2, 0) is 11.2 Å². The lowest BCUT2D eigenvalue weighted by molar-refractivity contribution is -0.0261. The Bertz CT molecular complexity index is 890. The zero-order valence-corrected chi connectivity index (χ0v) is 16.2. The number of carbonyl (C=O) groups is 1. The van der Waals surface area contributed by atoms with Crippen LogP contribution >= 0.6 is 0 Å². The number of aromatic nitrogens is 1. The van der Waals surface area contributed by atoms with Crippen molar-refractivity contribution < 1.29 is 23.8 Å². The van der Waals surface area contributed by atoms with E-state index in [2.05, 4.69) is 10.3 Å². The van der Waals surface area contributed by atoms with E-state index in [-0.39, 0.29) is 30.1 Å². The molecule has 154 valence electrons. The van der Waals surface area contributed by atoms with Gasteiger partial charge in [0.1, 0.15) is 18.1 Å². The highest BCUT2D eigenvalue weighted by Gasteiger charge is 2.28. The van der Waals surface area contributed by atoms with Gasteiger partial charge in [0, 0.05) is 25.6 Å². The van der Waals surface area contributed by atoms with Crippen LogP contribution in [0.3, 0.4) is 0 Å². The molecule has 2 aliphatic heterocycles. The highest BCUT2D eigenvalue weighted by Crippen LogP contribution is 2.34. The number of amides is 1. The largest absolute Gasteiger partial charge is 0.488 e. The van der Waals surface area contributed by atoms with Gasteiger partial charge >= 0.3 is 0 Å². The summed E-state index contributed by atoms with van der Waals surface area (Å²) in [6, 6.07) is 7.59. The smallest absolute Gasteiger partial charge is 0.270 e. The summed E-state index contributed by atoms with van der Waals surface area (Å²) in [5, 5.41) is 12.9. The third kappa shape index (κ3) is 4.33. The molecule has 1 amide bonds. The Morgan fingerprint density at radius 2 is 2.14 bits per heavy atom. The van der Waals surface area contributed by atoms with Crippen molar-refractivity contribution in [3.8, 4) is 5.75 Å². The van der Waals surface area contributed by atoms with Crippen molar-refractivity contribution in [2.45, 2.75) is 25.0 Å². The number of fused-ring (bicyclic) bond motifs is 1. The number of pyridine rings is 1. The van der Waals surface area contributed by atoms with E-state index in [4.69, 9.17) is 9.47 Å². The van der Waals surface area contributed by atoms with Crippen molar-refractivity contribution in [3.63, 3.8) is 0 Å². The second-order valence-corrected chi connectivity index (χ2v) is 7.40. The Hall–Kier alpha value is -2.71. The van der Waals surface area contributed by atoms with Crippen LogP contribution in [0.5, 0.6) is 5.75 Å². The molecule has 0 radical (unpaired) electrons. The summed E-state index contributed by atoms with van der Waals surface area (Å²) >= 11 is 0. The lowest BCUT2D eigenvalue weighted by Crippen LogP contribution is -2.49. The monoisotopic (exact) mass is 401 g/mol. The predicted molar refractivity (Wildman–Crippen MR) is 105 cm³/mol. The Morgan fingerprint density at radius 3 is 2.90 bits per heavy atom. The zero-order chi connectivity index (χ0) is 20.4. The average Bonchev–Trinajstić information content (AvgIpc) is 2.72. The van der Waals surface area contributed by atoms with Crippen LogP contribution in [0.25, 0.3) is 0 Å². The highest BCUT2D eigenvalue weighted by molar-refractivity contribution is 5.93. The summed E-state index contributed by atoms with van der Waals surface area (Å²) in [6.45, 7) is 1.89. The molecule has 1 aromatic heterocycles. The molecule has 0 aliphatic carbocycles. The van der Waals surface area contributed by atoms with Gasteiger partial charge in [-0.3, -0.25) is 4.79 Å². The molecule has 0 spiro atoms. The molecule has 1 saturated heterocycles.